The van der Waals surface area contributed by atoms with Gasteiger partial charge in [-0.1, -0.05) is 0 Å². The Hall–Kier alpha value is -3.59. The van der Waals surface area contributed by atoms with Gasteiger partial charge in [-0.05, 0) is 48.0 Å². The molecule has 0 bridgehead atoms. The number of rotatable bonds is 7. The summed E-state index contributed by atoms with van der Waals surface area (Å²) in [5, 5.41) is 10.6. The molecule has 0 spiro atoms. The summed E-state index contributed by atoms with van der Waals surface area (Å²) >= 11 is 1.37. The van der Waals surface area contributed by atoms with Crippen LogP contribution in [0.3, 0.4) is 0 Å². The van der Waals surface area contributed by atoms with Crippen molar-refractivity contribution in [3.63, 3.8) is 0 Å². The standard InChI is InChI=1S/C22H22N4O4S/c1-29-17-5-3-16(4-6-17)24-21(28)23-10-8-20(27)26-22-25-18(13-31-22)14-2-7-19-15(12-14)9-11-30-19/h2-7,12-13H,8-11H2,1H3,(H2,23,24,28)(H,25,26,27). The lowest BCUT2D eigenvalue weighted by atomic mass is 10.1. The molecular formula is C22H22N4O4S. The van der Waals surface area contributed by atoms with Gasteiger partial charge in [0.25, 0.3) is 0 Å². The number of benzene rings is 2. The van der Waals surface area contributed by atoms with E-state index in [9.17, 15) is 9.59 Å². The Balaban J connectivity index is 1.22. The van der Waals surface area contributed by atoms with Gasteiger partial charge in [0.1, 0.15) is 11.5 Å². The summed E-state index contributed by atoms with van der Waals surface area (Å²) in [4.78, 5) is 28.6. The van der Waals surface area contributed by atoms with Gasteiger partial charge in [-0.25, -0.2) is 9.78 Å². The number of thiazole rings is 1. The number of fused-ring (bicyclic) bond motifs is 1. The highest BCUT2D eigenvalue weighted by Gasteiger charge is 2.14. The molecule has 9 heteroatoms. The Morgan fingerprint density at radius 2 is 2.00 bits per heavy atom. The first-order valence-electron chi connectivity index (χ1n) is 9.81. The summed E-state index contributed by atoms with van der Waals surface area (Å²) < 4.78 is 10.6. The molecule has 3 amide bonds. The Morgan fingerprint density at radius 1 is 1.16 bits per heavy atom. The van der Waals surface area contributed by atoms with Crippen molar-refractivity contribution in [1.82, 2.24) is 10.3 Å². The Kier molecular flexibility index (Phi) is 6.32. The quantitative estimate of drug-likeness (QED) is 0.519. The van der Waals surface area contributed by atoms with Gasteiger partial charge in [0.05, 0.1) is 19.4 Å². The lowest BCUT2D eigenvalue weighted by Crippen LogP contribution is -2.31. The topological polar surface area (TPSA) is 102 Å². The van der Waals surface area contributed by atoms with E-state index in [1.165, 1.54) is 16.9 Å². The molecule has 0 aliphatic carbocycles. The SMILES string of the molecule is COc1ccc(NC(=O)NCCC(=O)Nc2nc(-c3ccc4c(c3)CCO4)cs2)cc1. The molecule has 0 fully saturated rings. The van der Waals surface area contributed by atoms with E-state index in [2.05, 4.69) is 27.0 Å². The molecule has 1 aliphatic rings. The minimum absolute atomic E-state index is 0.140. The fourth-order valence-corrected chi connectivity index (χ4v) is 3.87. The maximum atomic E-state index is 12.2. The molecule has 3 N–H and O–H groups in total. The fourth-order valence-electron chi connectivity index (χ4n) is 3.13. The van der Waals surface area contributed by atoms with Crippen LogP contribution in [0, 0.1) is 0 Å². The predicted octanol–water partition coefficient (Wildman–Crippen LogP) is 3.90. The van der Waals surface area contributed by atoms with Crippen LogP contribution in [0.1, 0.15) is 12.0 Å². The molecule has 160 valence electrons. The zero-order valence-corrected chi connectivity index (χ0v) is 17.8. The van der Waals surface area contributed by atoms with Crippen molar-refractivity contribution in [1.29, 1.82) is 0 Å². The molecule has 1 aliphatic heterocycles. The van der Waals surface area contributed by atoms with E-state index in [1.807, 2.05) is 17.5 Å². The molecule has 0 saturated carbocycles. The number of methoxy groups -OCH3 is 1. The van der Waals surface area contributed by atoms with Gasteiger partial charge < -0.3 is 25.4 Å². The summed E-state index contributed by atoms with van der Waals surface area (Å²) in [6, 6.07) is 12.6. The summed E-state index contributed by atoms with van der Waals surface area (Å²) in [5.41, 5.74) is 3.62. The Morgan fingerprint density at radius 3 is 2.81 bits per heavy atom. The van der Waals surface area contributed by atoms with E-state index in [4.69, 9.17) is 9.47 Å². The van der Waals surface area contributed by atoms with Crippen LogP contribution in [0.4, 0.5) is 15.6 Å². The lowest BCUT2D eigenvalue weighted by molar-refractivity contribution is -0.116. The number of aromatic nitrogens is 1. The third-order valence-electron chi connectivity index (χ3n) is 4.72. The number of nitrogens with one attached hydrogen (secondary N) is 3. The largest absolute Gasteiger partial charge is 0.497 e. The first-order valence-corrected chi connectivity index (χ1v) is 10.7. The highest BCUT2D eigenvalue weighted by Crippen LogP contribution is 2.31. The minimum Gasteiger partial charge on any atom is -0.497 e. The molecule has 0 unspecified atom stereocenters. The number of carbonyl (C=O) groups excluding carboxylic acids is 2. The van der Waals surface area contributed by atoms with E-state index in [0.717, 1.165) is 23.4 Å². The lowest BCUT2D eigenvalue weighted by Gasteiger charge is -2.08. The first kappa shape index (κ1) is 20.7. The second-order valence-corrected chi connectivity index (χ2v) is 7.72. The van der Waals surface area contributed by atoms with Gasteiger partial charge in [0.2, 0.25) is 5.91 Å². The van der Waals surface area contributed by atoms with E-state index in [-0.39, 0.29) is 24.9 Å². The molecule has 0 atom stereocenters. The number of amides is 3. The molecule has 0 saturated heterocycles. The van der Waals surface area contributed by atoms with Gasteiger partial charge in [0, 0.05) is 36.0 Å². The van der Waals surface area contributed by atoms with Gasteiger partial charge in [0.15, 0.2) is 5.13 Å². The van der Waals surface area contributed by atoms with Crippen LogP contribution in [0.2, 0.25) is 0 Å². The van der Waals surface area contributed by atoms with Crippen molar-refractivity contribution in [2.45, 2.75) is 12.8 Å². The number of hydrogen-bond donors (Lipinski definition) is 3. The monoisotopic (exact) mass is 438 g/mol. The first-order chi connectivity index (χ1) is 15.1. The third-order valence-corrected chi connectivity index (χ3v) is 5.48. The summed E-state index contributed by atoms with van der Waals surface area (Å²) in [5.74, 6) is 1.42. The van der Waals surface area contributed by atoms with Crippen LogP contribution in [0.25, 0.3) is 11.3 Å². The van der Waals surface area contributed by atoms with Crippen LogP contribution in [0.15, 0.2) is 47.8 Å². The number of ether oxygens (including phenoxy) is 2. The predicted molar refractivity (Wildman–Crippen MR) is 120 cm³/mol. The molecule has 0 radical (unpaired) electrons. The van der Waals surface area contributed by atoms with Crippen molar-refractivity contribution in [3.05, 3.63) is 53.4 Å². The number of nitrogens with zero attached hydrogens (tertiary/aromatic N) is 1. The fraction of sp³-hybridized carbons (Fsp3) is 0.227. The Bertz CT molecular complexity index is 1080. The number of carbonyl (C=O) groups is 2. The summed E-state index contributed by atoms with van der Waals surface area (Å²) in [6.07, 6.45) is 1.04. The number of urea groups is 1. The normalized spacial score (nSPS) is 11.9. The van der Waals surface area contributed by atoms with Crippen LogP contribution < -0.4 is 25.4 Å². The van der Waals surface area contributed by atoms with Crippen molar-refractivity contribution >= 4 is 34.1 Å². The maximum absolute atomic E-state index is 12.2. The summed E-state index contributed by atoms with van der Waals surface area (Å²) in [6.45, 7) is 0.917. The average molecular weight is 439 g/mol. The highest BCUT2D eigenvalue weighted by atomic mass is 32.1. The van der Waals surface area contributed by atoms with Crippen molar-refractivity contribution < 1.29 is 19.1 Å². The van der Waals surface area contributed by atoms with E-state index in [1.54, 1.807) is 31.4 Å². The molecule has 3 aromatic rings. The maximum Gasteiger partial charge on any atom is 0.319 e. The van der Waals surface area contributed by atoms with Crippen LogP contribution in [-0.2, 0) is 11.2 Å². The highest BCUT2D eigenvalue weighted by molar-refractivity contribution is 7.14. The van der Waals surface area contributed by atoms with Gasteiger partial charge in [-0.3, -0.25) is 4.79 Å². The molecule has 2 heterocycles. The smallest absolute Gasteiger partial charge is 0.319 e. The second kappa shape index (κ2) is 9.48. The molecular weight excluding hydrogens is 416 g/mol. The van der Waals surface area contributed by atoms with Gasteiger partial charge in [-0.2, -0.15) is 0 Å². The Labute approximate surface area is 183 Å². The van der Waals surface area contributed by atoms with E-state index in [0.29, 0.717) is 23.2 Å². The van der Waals surface area contributed by atoms with Crippen molar-refractivity contribution in [3.8, 4) is 22.8 Å². The van der Waals surface area contributed by atoms with Crippen LogP contribution in [0.5, 0.6) is 11.5 Å². The van der Waals surface area contributed by atoms with Crippen molar-refractivity contribution in [2.75, 3.05) is 30.9 Å². The number of anilines is 2. The van der Waals surface area contributed by atoms with E-state index < -0.39 is 0 Å². The zero-order chi connectivity index (χ0) is 21.6. The van der Waals surface area contributed by atoms with Crippen LogP contribution >= 0.6 is 11.3 Å². The van der Waals surface area contributed by atoms with E-state index >= 15 is 0 Å². The summed E-state index contributed by atoms with van der Waals surface area (Å²) in [7, 11) is 1.58. The number of hydrogen-bond acceptors (Lipinski definition) is 6. The molecule has 4 rings (SSSR count). The average Bonchev–Trinajstić information content (AvgIpc) is 3.43. The molecule has 31 heavy (non-hydrogen) atoms. The van der Waals surface area contributed by atoms with Crippen LogP contribution in [-0.4, -0.2) is 37.2 Å². The zero-order valence-electron chi connectivity index (χ0n) is 16.9. The third kappa shape index (κ3) is 5.32. The molecule has 2 aromatic carbocycles. The second-order valence-electron chi connectivity index (χ2n) is 6.87. The molecule has 1 aromatic heterocycles. The van der Waals surface area contributed by atoms with Gasteiger partial charge >= 0.3 is 6.03 Å². The van der Waals surface area contributed by atoms with Crippen molar-refractivity contribution in [2.24, 2.45) is 0 Å². The molecule has 8 nitrogen and oxygen atoms in total. The minimum atomic E-state index is -0.380. The van der Waals surface area contributed by atoms with Gasteiger partial charge in [-0.15, -0.1) is 11.3 Å².